The molecule has 3 aliphatic carbocycles. The predicted octanol–water partition coefficient (Wildman–Crippen LogP) is 3.54. The monoisotopic (exact) mass is 756 g/mol. The van der Waals surface area contributed by atoms with Crippen LogP contribution in [0.1, 0.15) is 43.0 Å². The summed E-state index contributed by atoms with van der Waals surface area (Å²) in [6.07, 6.45) is 5.69. The highest BCUT2D eigenvalue weighted by Crippen LogP contribution is 2.35. The lowest BCUT2D eigenvalue weighted by Crippen LogP contribution is -2.29. The van der Waals surface area contributed by atoms with Crippen molar-refractivity contribution >= 4 is 34.9 Å². The summed E-state index contributed by atoms with van der Waals surface area (Å²) >= 11 is 0. The molecular formula is C44H40N2O10. The number of fused-ring (bicyclic) bond motifs is 14. The van der Waals surface area contributed by atoms with Gasteiger partial charge in [0.05, 0.1) is 26.4 Å². The molecule has 0 atom stereocenters. The third kappa shape index (κ3) is 8.99. The van der Waals surface area contributed by atoms with Gasteiger partial charge in [-0.1, -0.05) is 42.5 Å². The second kappa shape index (κ2) is 17.5. The van der Waals surface area contributed by atoms with Crippen LogP contribution < -0.4 is 20.1 Å². The van der Waals surface area contributed by atoms with Crippen LogP contribution in [0.2, 0.25) is 0 Å². The summed E-state index contributed by atoms with van der Waals surface area (Å²) in [7, 11) is 0. The Morgan fingerprint density at radius 1 is 0.429 bits per heavy atom. The lowest BCUT2D eigenvalue weighted by atomic mass is 9.84. The van der Waals surface area contributed by atoms with Crippen molar-refractivity contribution in [3.8, 4) is 11.5 Å². The van der Waals surface area contributed by atoms with Crippen LogP contribution in [0.25, 0.3) is 0 Å². The molecule has 12 nitrogen and oxygen atoms in total. The van der Waals surface area contributed by atoms with Crippen molar-refractivity contribution in [1.82, 2.24) is 10.6 Å². The topological polar surface area (TPSA) is 163 Å². The molecule has 0 spiro atoms. The van der Waals surface area contributed by atoms with Gasteiger partial charge < -0.3 is 29.6 Å². The minimum atomic E-state index is -0.362. The number of allylic oxidation sites excluding steroid dienone is 8. The number of nitrogens with one attached hydrogen (secondary N) is 2. The molecule has 0 unspecified atom stereocenters. The Bertz CT molecular complexity index is 2000. The van der Waals surface area contributed by atoms with E-state index in [-0.39, 0.29) is 113 Å². The number of benzene rings is 3. The number of para-hydroxylation sites is 2. The fraction of sp³-hybridized carbons (Fsp3) is 0.273. The number of ketones is 4. The Morgan fingerprint density at radius 2 is 0.786 bits per heavy atom. The molecule has 5 aliphatic rings. The number of ether oxygens (including phenoxy) is 4. The fourth-order valence-electron chi connectivity index (χ4n) is 7.08. The number of hydrogen-bond acceptors (Lipinski definition) is 10. The number of carbonyl (C=O) groups excluding carboxylic acids is 6. The smallest absolute Gasteiger partial charge is 0.251 e. The van der Waals surface area contributed by atoms with Gasteiger partial charge in [-0.05, 0) is 64.8 Å². The minimum absolute atomic E-state index is 0.0808. The first-order chi connectivity index (χ1) is 27.2. The van der Waals surface area contributed by atoms with E-state index in [4.69, 9.17) is 18.9 Å². The molecule has 12 heteroatoms. The van der Waals surface area contributed by atoms with E-state index in [1.165, 1.54) is 30.4 Å². The van der Waals surface area contributed by atoms with Crippen LogP contribution in [-0.2, 0) is 54.3 Å². The molecule has 12 bridgehead atoms. The van der Waals surface area contributed by atoms with Crippen LogP contribution in [0.3, 0.4) is 0 Å². The maximum absolute atomic E-state index is 14.0. The summed E-state index contributed by atoms with van der Waals surface area (Å²) in [5.41, 5.74) is 4.30. The summed E-state index contributed by atoms with van der Waals surface area (Å²) < 4.78 is 24.1. The first-order valence-electron chi connectivity index (χ1n) is 18.5. The quantitative estimate of drug-likeness (QED) is 0.256. The van der Waals surface area contributed by atoms with E-state index in [9.17, 15) is 28.8 Å². The van der Waals surface area contributed by atoms with Crippen LogP contribution >= 0.6 is 0 Å². The molecule has 8 rings (SSSR count). The molecule has 0 radical (unpaired) electrons. The molecule has 0 fully saturated rings. The summed E-state index contributed by atoms with van der Waals surface area (Å²) in [6.45, 7) is 1.21. The van der Waals surface area contributed by atoms with Crippen molar-refractivity contribution in [2.45, 2.75) is 25.7 Å². The van der Waals surface area contributed by atoms with E-state index >= 15 is 0 Å². The SMILES string of the molecule is O=C1C=C2Cc3cccc4c3OCCOCCNC(=O)c3cccc(c3)C(=O)NCCOCCOc3c(cccc3CC3=CC(=O)C=C(C4)C3=O)CC(=C1)C2=O. The average molecular weight is 757 g/mol. The third-order valence-corrected chi connectivity index (χ3v) is 9.71. The fourth-order valence-corrected chi connectivity index (χ4v) is 7.08. The number of hydrogen-bond donors (Lipinski definition) is 2. The van der Waals surface area contributed by atoms with Gasteiger partial charge >= 0.3 is 0 Å². The highest BCUT2D eigenvalue weighted by Gasteiger charge is 2.29. The first-order valence-corrected chi connectivity index (χ1v) is 18.5. The van der Waals surface area contributed by atoms with Crippen LogP contribution in [0.15, 0.2) is 107 Å². The second-order valence-electron chi connectivity index (χ2n) is 13.7. The van der Waals surface area contributed by atoms with Crippen LogP contribution in [0.4, 0.5) is 0 Å². The van der Waals surface area contributed by atoms with Gasteiger partial charge in [-0.15, -0.1) is 0 Å². The van der Waals surface area contributed by atoms with Gasteiger partial charge in [-0.3, -0.25) is 28.8 Å². The summed E-state index contributed by atoms with van der Waals surface area (Å²) in [4.78, 5) is 79.9. The van der Waals surface area contributed by atoms with E-state index in [1.54, 1.807) is 54.6 Å². The van der Waals surface area contributed by atoms with Crippen LogP contribution in [0, 0.1) is 0 Å². The molecule has 2 amide bonds. The number of carbonyl (C=O) groups is 6. The zero-order chi connectivity index (χ0) is 39.0. The molecule has 0 saturated heterocycles. The highest BCUT2D eigenvalue weighted by molar-refractivity contribution is 6.21. The Kier molecular flexibility index (Phi) is 11.9. The van der Waals surface area contributed by atoms with E-state index in [0.29, 0.717) is 67.2 Å². The Morgan fingerprint density at radius 3 is 1.16 bits per heavy atom. The van der Waals surface area contributed by atoms with E-state index in [2.05, 4.69) is 10.6 Å². The molecule has 286 valence electrons. The lowest BCUT2D eigenvalue weighted by Gasteiger charge is -2.22. The number of rotatable bonds is 0. The van der Waals surface area contributed by atoms with E-state index in [0.717, 1.165) is 0 Å². The minimum Gasteiger partial charge on any atom is -0.491 e. The van der Waals surface area contributed by atoms with Gasteiger partial charge in [0.25, 0.3) is 11.8 Å². The normalized spacial score (nSPS) is 18.9. The van der Waals surface area contributed by atoms with Crippen LogP contribution in [-0.4, -0.2) is 87.7 Å². The third-order valence-electron chi connectivity index (χ3n) is 9.71. The van der Waals surface area contributed by atoms with E-state index < -0.39 is 0 Å². The average Bonchev–Trinajstić information content (AvgIpc) is 3.18. The summed E-state index contributed by atoms with van der Waals surface area (Å²) in [6, 6.07) is 17.2. The predicted molar refractivity (Wildman–Crippen MR) is 204 cm³/mol. The second-order valence-corrected chi connectivity index (χ2v) is 13.7. The zero-order valence-corrected chi connectivity index (χ0v) is 30.7. The molecule has 3 aromatic rings. The maximum atomic E-state index is 14.0. The summed E-state index contributed by atoms with van der Waals surface area (Å²) in [5.74, 6) is -1.05. The molecular weight excluding hydrogens is 716 g/mol. The van der Waals surface area contributed by atoms with Gasteiger partial charge in [-0.25, -0.2) is 0 Å². The Balaban J connectivity index is 1.24. The first kappa shape index (κ1) is 38.1. The Hall–Kier alpha value is -6.24. The van der Waals surface area contributed by atoms with Gasteiger partial charge in [-0.2, -0.15) is 0 Å². The van der Waals surface area contributed by atoms with Gasteiger partial charge in [0.2, 0.25) is 0 Å². The molecule has 0 saturated carbocycles. The van der Waals surface area contributed by atoms with Crippen molar-refractivity contribution in [3.63, 3.8) is 0 Å². The van der Waals surface area contributed by atoms with Crippen LogP contribution in [0.5, 0.6) is 11.5 Å². The molecule has 3 aromatic carbocycles. The van der Waals surface area contributed by atoms with Crippen molar-refractivity contribution in [3.05, 3.63) is 141 Å². The number of Topliss-reactive ketones (excluding diaryl/α,β-unsaturated/α-hetero) is 2. The molecule has 2 heterocycles. The summed E-state index contributed by atoms with van der Waals surface area (Å²) in [5, 5.41) is 5.58. The van der Waals surface area contributed by atoms with E-state index in [1.807, 2.05) is 0 Å². The standard InChI is InChI=1S/C44H40N2O10/c47-37-23-33-18-27-4-1-5-28-19-34-24-38(48)26-36(40(34)50)21-30-7-2-6-29(20-35(25-37)39(33)49)42(30)56-17-15-54-13-11-46-44(52)32-9-3-8-31(22-32)43(51)45-10-12-53-14-16-55-41(27)28/h1-9,22-26H,10-21H2,(H,45,51)(H,46,52). The van der Waals surface area contributed by atoms with Gasteiger partial charge in [0.1, 0.15) is 24.7 Å². The zero-order valence-electron chi connectivity index (χ0n) is 30.7. The van der Waals surface area contributed by atoms with Crippen molar-refractivity contribution < 1.29 is 47.7 Å². The van der Waals surface area contributed by atoms with Gasteiger partial charge in [0.15, 0.2) is 23.1 Å². The number of amides is 2. The maximum Gasteiger partial charge on any atom is 0.251 e. The largest absolute Gasteiger partial charge is 0.491 e. The molecule has 2 N–H and O–H groups in total. The van der Waals surface area contributed by atoms with Crippen molar-refractivity contribution in [2.75, 3.05) is 52.7 Å². The van der Waals surface area contributed by atoms with Crippen molar-refractivity contribution in [1.29, 1.82) is 0 Å². The molecule has 2 aliphatic heterocycles. The molecule has 0 aromatic heterocycles. The van der Waals surface area contributed by atoms with Gasteiger partial charge in [0, 0.05) is 72.2 Å². The van der Waals surface area contributed by atoms with Crippen molar-refractivity contribution in [2.24, 2.45) is 0 Å². The molecule has 56 heavy (non-hydrogen) atoms. The Labute approximate surface area is 323 Å². The highest BCUT2D eigenvalue weighted by atomic mass is 16.5. The lowest BCUT2D eigenvalue weighted by molar-refractivity contribution is -0.115.